The van der Waals surface area contributed by atoms with Crippen molar-refractivity contribution in [2.75, 3.05) is 0 Å². The van der Waals surface area contributed by atoms with Gasteiger partial charge in [-0.2, -0.15) is 0 Å². The van der Waals surface area contributed by atoms with Crippen molar-refractivity contribution in [3.05, 3.63) is 82.5 Å². The van der Waals surface area contributed by atoms with Crippen molar-refractivity contribution in [2.45, 2.75) is 0 Å². The standard InChI is InChI=1S/C18H11FN2OS/c19-13-6-8-14(9-7-13)21-11-20-16-15(10-23-17(16)18(21)22)12-4-2-1-3-5-12/h1-11H. The maximum absolute atomic E-state index is 13.0. The summed E-state index contributed by atoms with van der Waals surface area (Å²) in [7, 11) is 0. The van der Waals surface area contributed by atoms with Gasteiger partial charge in [0.05, 0.1) is 11.2 Å². The largest absolute Gasteiger partial charge is 0.275 e. The monoisotopic (exact) mass is 322 g/mol. The zero-order valence-electron chi connectivity index (χ0n) is 11.9. The Morgan fingerprint density at radius 2 is 1.74 bits per heavy atom. The summed E-state index contributed by atoms with van der Waals surface area (Å²) >= 11 is 1.38. The fourth-order valence-electron chi connectivity index (χ4n) is 2.52. The van der Waals surface area contributed by atoms with E-state index in [-0.39, 0.29) is 11.4 Å². The fraction of sp³-hybridized carbons (Fsp3) is 0. The Hall–Kier alpha value is -2.79. The molecule has 4 rings (SSSR count). The molecule has 0 aliphatic carbocycles. The van der Waals surface area contributed by atoms with Crippen molar-refractivity contribution >= 4 is 21.6 Å². The first kappa shape index (κ1) is 13.8. The highest BCUT2D eigenvalue weighted by atomic mass is 32.1. The van der Waals surface area contributed by atoms with Gasteiger partial charge in [-0.1, -0.05) is 30.3 Å². The van der Waals surface area contributed by atoms with E-state index in [4.69, 9.17) is 0 Å². The molecule has 0 saturated heterocycles. The topological polar surface area (TPSA) is 34.9 Å². The lowest BCUT2D eigenvalue weighted by Crippen LogP contribution is -2.17. The van der Waals surface area contributed by atoms with Gasteiger partial charge < -0.3 is 0 Å². The number of thiophene rings is 1. The number of hydrogen-bond donors (Lipinski definition) is 0. The van der Waals surface area contributed by atoms with Crippen LogP contribution >= 0.6 is 11.3 Å². The van der Waals surface area contributed by atoms with Crippen molar-refractivity contribution < 1.29 is 4.39 Å². The number of benzene rings is 2. The van der Waals surface area contributed by atoms with Crippen molar-refractivity contribution in [3.8, 4) is 16.8 Å². The molecule has 2 heterocycles. The lowest BCUT2D eigenvalue weighted by atomic mass is 10.1. The molecule has 0 radical (unpaired) electrons. The first-order valence-electron chi connectivity index (χ1n) is 7.04. The van der Waals surface area contributed by atoms with Crippen LogP contribution in [0.15, 0.2) is 71.1 Å². The zero-order chi connectivity index (χ0) is 15.8. The Morgan fingerprint density at radius 1 is 1.00 bits per heavy atom. The van der Waals surface area contributed by atoms with Gasteiger partial charge >= 0.3 is 0 Å². The first-order valence-corrected chi connectivity index (χ1v) is 7.92. The molecular weight excluding hydrogens is 311 g/mol. The van der Waals surface area contributed by atoms with Crippen LogP contribution in [0.1, 0.15) is 0 Å². The molecule has 5 heteroatoms. The predicted molar refractivity (Wildman–Crippen MR) is 90.6 cm³/mol. The molecule has 3 nitrogen and oxygen atoms in total. The minimum Gasteiger partial charge on any atom is -0.267 e. The second kappa shape index (κ2) is 5.44. The van der Waals surface area contributed by atoms with Crippen LogP contribution in [-0.4, -0.2) is 9.55 Å². The maximum atomic E-state index is 13.0. The average molecular weight is 322 g/mol. The summed E-state index contributed by atoms with van der Waals surface area (Å²) in [6.45, 7) is 0. The van der Waals surface area contributed by atoms with Gasteiger partial charge in [-0.3, -0.25) is 9.36 Å². The van der Waals surface area contributed by atoms with E-state index in [2.05, 4.69) is 4.98 Å². The van der Waals surface area contributed by atoms with E-state index < -0.39 is 0 Å². The highest BCUT2D eigenvalue weighted by Gasteiger charge is 2.13. The number of nitrogens with zero attached hydrogens (tertiary/aromatic N) is 2. The summed E-state index contributed by atoms with van der Waals surface area (Å²) in [6, 6.07) is 15.6. The molecule has 23 heavy (non-hydrogen) atoms. The van der Waals surface area contributed by atoms with Crippen LogP contribution in [0.2, 0.25) is 0 Å². The van der Waals surface area contributed by atoms with Crippen LogP contribution in [0, 0.1) is 5.82 Å². The maximum Gasteiger partial charge on any atom is 0.275 e. The minimum atomic E-state index is -0.335. The van der Waals surface area contributed by atoms with Gasteiger partial charge in [-0.25, -0.2) is 9.37 Å². The summed E-state index contributed by atoms with van der Waals surface area (Å²) in [6.07, 6.45) is 1.50. The van der Waals surface area contributed by atoms with Gasteiger partial charge in [0.25, 0.3) is 5.56 Å². The van der Waals surface area contributed by atoms with Gasteiger partial charge in [0, 0.05) is 10.9 Å². The lowest BCUT2D eigenvalue weighted by Gasteiger charge is -2.05. The molecule has 0 fully saturated rings. The van der Waals surface area contributed by atoms with Crippen LogP contribution in [0.4, 0.5) is 4.39 Å². The van der Waals surface area contributed by atoms with E-state index in [1.54, 1.807) is 12.1 Å². The van der Waals surface area contributed by atoms with Crippen LogP contribution in [0.5, 0.6) is 0 Å². The summed E-state index contributed by atoms with van der Waals surface area (Å²) in [5.74, 6) is -0.335. The van der Waals surface area contributed by atoms with Gasteiger partial charge in [-0.15, -0.1) is 11.3 Å². The molecule has 2 aromatic heterocycles. The van der Waals surface area contributed by atoms with Gasteiger partial charge in [0.1, 0.15) is 16.8 Å². The minimum absolute atomic E-state index is 0.145. The first-order chi connectivity index (χ1) is 11.2. The summed E-state index contributed by atoms with van der Waals surface area (Å²) in [4.78, 5) is 17.2. The van der Waals surface area contributed by atoms with Gasteiger partial charge in [0.15, 0.2) is 0 Å². The SMILES string of the molecule is O=c1c2scc(-c3ccccc3)c2ncn1-c1ccc(F)cc1. The molecule has 0 saturated carbocycles. The molecule has 0 N–H and O–H groups in total. The molecule has 2 aromatic carbocycles. The highest BCUT2D eigenvalue weighted by molar-refractivity contribution is 7.17. The molecule has 0 aliphatic heterocycles. The van der Waals surface area contributed by atoms with E-state index >= 15 is 0 Å². The van der Waals surface area contributed by atoms with Gasteiger partial charge in [-0.05, 0) is 29.8 Å². The van der Waals surface area contributed by atoms with E-state index in [1.807, 2.05) is 35.7 Å². The Kier molecular flexibility index (Phi) is 3.28. The zero-order valence-corrected chi connectivity index (χ0v) is 12.8. The molecule has 0 aliphatic rings. The fourth-order valence-corrected chi connectivity index (χ4v) is 3.47. The third kappa shape index (κ3) is 2.35. The molecule has 112 valence electrons. The van der Waals surface area contributed by atoms with E-state index in [0.717, 1.165) is 11.1 Å². The van der Waals surface area contributed by atoms with Crippen molar-refractivity contribution in [1.82, 2.24) is 9.55 Å². The second-order valence-electron chi connectivity index (χ2n) is 5.09. The summed E-state index contributed by atoms with van der Waals surface area (Å²) in [5.41, 5.74) is 3.14. The summed E-state index contributed by atoms with van der Waals surface area (Å²) in [5, 5.41) is 1.95. The molecule has 0 bridgehead atoms. The van der Waals surface area contributed by atoms with Crippen molar-refractivity contribution in [3.63, 3.8) is 0 Å². The molecule has 0 spiro atoms. The second-order valence-corrected chi connectivity index (χ2v) is 5.97. The van der Waals surface area contributed by atoms with E-state index in [0.29, 0.717) is 15.9 Å². The number of rotatable bonds is 2. The third-order valence-electron chi connectivity index (χ3n) is 3.67. The quantitative estimate of drug-likeness (QED) is 0.553. The Labute approximate surface area is 135 Å². The number of halogens is 1. The third-order valence-corrected chi connectivity index (χ3v) is 4.63. The smallest absolute Gasteiger partial charge is 0.267 e. The normalized spacial score (nSPS) is 11.0. The Morgan fingerprint density at radius 3 is 2.48 bits per heavy atom. The summed E-state index contributed by atoms with van der Waals surface area (Å²) < 4.78 is 15.1. The lowest BCUT2D eigenvalue weighted by molar-refractivity contribution is 0.627. The Balaban J connectivity index is 1.91. The van der Waals surface area contributed by atoms with Crippen LogP contribution in [-0.2, 0) is 0 Å². The highest BCUT2D eigenvalue weighted by Crippen LogP contribution is 2.30. The van der Waals surface area contributed by atoms with E-state index in [9.17, 15) is 9.18 Å². The van der Waals surface area contributed by atoms with Crippen molar-refractivity contribution in [1.29, 1.82) is 0 Å². The average Bonchev–Trinajstić information content (AvgIpc) is 3.02. The number of fused-ring (bicyclic) bond motifs is 1. The van der Waals surface area contributed by atoms with E-state index in [1.165, 1.54) is 34.4 Å². The molecule has 0 unspecified atom stereocenters. The molecule has 0 atom stereocenters. The number of hydrogen-bond acceptors (Lipinski definition) is 3. The number of aromatic nitrogens is 2. The van der Waals surface area contributed by atoms with Crippen molar-refractivity contribution in [2.24, 2.45) is 0 Å². The Bertz CT molecular complexity index is 1040. The molecule has 0 amide bonds. The van der Waals surface area contributed by atoms with Crippen LogP contribution in [0.3, 0.4) is 0 Å². The molecular formula is C18H11FN2OS. The predicted octanol–water partition coefficient (Wildman–Crippen LogP) is 4.25. The molecule has 4 aromatic rings. The van der Waals surface area contributed by atoms with Crippen LogP contribution < -0.4 is 5.56 Å². The van der Waals surface area contributed by atoms with Crippen LogP contribution in [0.25, 0.3) is 27.0 Å². The van der Waals surface area contributed by atoms with Gasteiger partial charge in [0.2, 0.25) is 0 Å².